The number of rotatable bonds is 1. The maximum Gasteiger partial charge on any atom is 0.101 e. The fourth-order valence-electron chi connectivity index (χ4n) is 2.61. The second-order valence-corrected chi connectivity index (χ2v) is 4.20. The van der Waals surface area contributed by atoms with Gasteiger partial charge >= 0.3 is 0 Å². The van der Waals surface area contributed by atoms with Gasteiger partial charge in [-0.05, 0) is 32.8 Å². The molecule has 0 unspecified atom stereocenters. The summed E-state index contributed by atoms with van der Waals surface area (Å²) in [7, 11) is 0. The van der Waals surface area contributed by atoms with E-state index in [9.17, 15) is 0 Å². The summed E-state index contributed by atoms with van der Waals surface area (Å²) in [6, 6.07) is 4.92. The minimum atomic E-state index is 0.650. The van der Waals surface area contributed by atoms with Gasteiger partial charge in [0.15, 0.2) is 0 Å². The third-order valence-corrected chi connectivity index (χ3v) is 3.29. The topological polar surface area (TPSA) is 28.7 Å². The first-order chi connectivity index (χ1) is 6.74. The molecule has 2 rings (SSSR count). The molecule has 0 N–H and O–H groups in total. The standard InChI is InChI=1S/C12H16N2/c1-9-7-11(8-13)10(2)14(9)12-5-3-4-6-12/h7,12H,3-6H2,1-2H3. The zero-order chi connectivity index (χ0) is 10.1. The SMILES string of the molecule is Cc1cc(C#N)c(C)n1C1CCCC1. The van der Waals surface area contributed by atoms with Crippen LogP contribution in [0.2, 0.25) is 0 Å². The Hall–Kier alpha value is -1.23. The fourth-order valence-corrected chi connectivity index (χ4v) is 2.61. The Morgan fingerprint density at radius 2 is 2.00 bits per heavy atom. The van der Waals surface area contributed by atoms with Crippen molar-refractivity contribution >= 4 is 0 Å². The molecule has 1 aliphatic rings. The second-order valence-electron chi connectivity index (χ2n) is 4.20. The van der Waals surface area contributed by atoms with Crippen molar-refractivity contribution in [2.24, 2.45) is 0 Å². The van der Waals surface area contributed by atoms with Crippen molar-refractivity contribution in [2.75, 3.05) is 0 Å². The van der Waals surface area contributed by atoms with E-state index in [4.69, 9.17) is 5.26 Å². The maximum absolute atomic E-state index is 8.94. The third kappa shape index (κ3) is 1.33. The minimum Gasteiger partial charge on any atom is -0.345 e. The highest BCUT2D eigenvalue weighted by Gasteiger charge is 2.20. The molecular weight excluding hydrogens is 172 g/mol. The molecule has 1 aromatic heterocycles. The quantitative estimate of drug-likeness (QED) is 0.665. The molecule has 1 fully saturated rings. The van der Waals surface area contributed by atoms with Gasteiger partial charge in [0.05, 0.1) is 5.56 Å². The highest BCUT2D eigenvalue weighted by atomic mass is 15.0. The number of nitriles is 1. The lowest BCUT2D eigenvalue weighted by Crippen LogP contribution is -2.08. The zero-order valence-corrected chi connectivity index (χ0v) is 8.88. The van der Waals surface area contributed by atoms with E-state index in [0.717, 1.165) is 11.3 Å². The van der Waals surface area contributed by atoms with Gasteiger partial charge in [-0.1, -0.05) is 12.8 Å². The molecule has 1 saturated carbocycles. The van der Waals surface area contributed by atoms with E-state index < -0.39 is 0 Å². The van der Waals surface area contributed by atoms with E-state index in [-0.39, 0.29) is 0 Å². The molecule has 0 aliphatic heterocycles. The molecule has 0 spiro atoms. The van der Waals surface area contributed by atoms with E-state index in [1.165, 1.54) is 31.4 Å². The number of hydrogen-bond acceptors (Lipinski definition) is 1. The van der Waals surface area contributed by atoms with Crippen molar-refractivity contribution < 1.29 is 0 Å². The van der Waals surface area contributed by atoms with Gasteiger partial charge in [0.2, 0.25) is 0 Å². The first-order valence-electron chi connectivity index (χ1n) is 5.32. The van der Waals surface area contributed by atoms with Crippen LogP contribution < -0.4 is 0 Å². The molecule has 1 aliphatic carbocycles. The molecule has 2 heteroatoms. The summed E-state index contributed by atoms with van der Waals surface area (Å²) in [5.74, 6) is 0. The molecule has 0 radical (unpaired) electrons. The maximum atomic E-state index is 8.94. The lowest BCUT2D eigenvalue weighted by Gasteiger charge is -2.16. The van der Waals surface area contributed by atoms with Gasteiger partial charge in [0.25, 0.3) is 0 Å². The highest BCUT2D eigenvalue weighted by Crippen LogP contribution is 2.33. The van der Waals surface area contributed by atoms with Gasteiger partial charge < -0.3 is 4.57 Å². The Bertz CT molecular complexity index is 376. The monoisotopic (exact) mass is 188 g/mol. The van der Waals surface area contributed by atoms with Gasteiger partial charge in [-0.2, -0.15) is 5.26 Å². The molecule has 2 nitrogen and oxygen atoms in total. The summed E-state index contributed by atoms with van der Waals surface area (Å²) in [5, 5.41) is 8.94. The fraction of sp³-hybridized carbons (Fsp3) is 0.583. The summed E-state index contributed by atoms with van der Waals surface area (Å²) in [5.41, 5.74) is 3.23. The van der Waals surface area contributed by atoms with Crippen LogP contribution in [0.25, 0.3) is 0 Å². The van der Waals surface area contributed by atoms with E-state index in [1.807, 2.05) is 6.07 Å². The summed E-state index contributed by atoms with van der Waals surface area (Å²) >= 11 is 0. The average Bonchev–Trinajstić information content (AvgIpc) is 2.74. The van der Waals surface area contributed by atoms with Crippen molar-refractivity contribution in [2.45, 2.75) is 45.6 Å². The summed E-state index contributed by atoms with van der Waals surface area (Å²) in [6.07, 6.45) is 5.23. The van der Waals surface area contributed by atoms with E-state index in [0.29, 0.717) is 6.04 Å². The van der Waals surface area contributed by atoms with Crippen molar-refractivity contribution in [1.29, 1.82) is 5.26 Å². The Morgan fingerprint density at radius 3 is 2.50 bits per heavy atom. The number of aryl methyl sites for hydroxylation is 1. The highest BCUT2D eigenvalue weighted by molar-refractivity contribution is 5.37. The van der Waals surface area contributed by atoms with Crippen LogP contribution in [-0.2, 0) is 0 Å². The van der Waals surface area contributed by atoms with Crippen molar-refractivity contribution in [3.8, 4) is 6.07 Å². The Kier molecular flexibility index (Phi) is 2.33. The van der Waals surface area contributed by atoms with Gasteiger partial charge in [0.1, 0.15) is 6.07 Å². The van der Waals surface area contributed by atoms with Crippen molar-refractivity contribution in [3.63, 3.8) is 0 Å². The van der Waals surface area contributed by atoms with E-state index >= 15 is 0 Å². The van der Waals surface area contributed by atoms with E-state index in [2.05, 4.69) is 24.5 Å². The zero-order valence-electron chi connectivity index (χ0n) is 8.88. The summed E-state index contributed by atoms with van der Waals surface area (Å²) in [6.45, 7) is 4.16. The minimum absolute atomic E-state index is 0.650. The van der Waals surface area contributed by atoms with Gasteiger partial charge in [-0.25, -0.2) is 0 Å². The van der Waals surface area contributed by atoms with Crippen molar-refractivity contribution in [3.05, 3.63) is 23.0 Å². The number of nitrogens with zero attached hydrogens (tertiary/aromatic N) is 2. The lowest BCUT2D eigenvalue weighted by molar-refractivity contribution is 0.500. The molecule has 1 heterocycles. The molecule has 14 heavy (non-hydrogen) atoms. The van der Waals surface area contributed by atoms with E-state index in [1.54, 1.807) is 0 Å². The first-order valence-corrected chi connectivity index (χ1v) is 5.32. The summed E-state index contributed by atoms with van der Waals surface area (Å²) in [4.78, 5) is 0. The van der Waals surface area contributed by atoms with Crippen LogP contribution in [0.15, 0.2) is 6.07 Å². The van der Waals surface area contributed by atoms with Crippen LogP contribution in [-0.4, -0.2) is 4.57 Å². The van der Waals surface area contributed by atoms with Crippen LogP contribution >= 0.6 is 0 Å². The molecule has 1 aromatic rings. The predicted octanol–water partition coefficient (Wildman–Crippen LogP) is 3.09. The van der Waals surface area contributed by atoms with Gasteiger partial charge in [-0.15, -0.1) is 0 Å². The number of hydrogen-bond donors (Lipinski definition) is 0. The average molecular weight is 188 g/mol. The van der Waals surface area contributed by atoms with Crippen LogP contribution in [0.5, 0.6) is 0 Å². The second kappa shape index (κ2) is 3.49. The smallest absolute Gasteiger partial charge is 0.101 e. The van der Waals surface area contributed by atoms with Crippen LogP contribution in [0.1, 0.15) is 48.7 Å². The Morgan fingerprint density at radius 1 is 1.36 bits per heavy atom. The Balaban J connectivity index is 2.42. The largest absolute Gasteiger partial charge is 0.345 e. The third-order valence-electron chi connectivity index (χ3n) is 3.29. The van der Waals surface area contributed by atoms with Gasteiger partial charge in [-0.3, -0.25) is 0 Å². The Labute approximate surface area is 85.2 Å². The van der Waals surface area contributed by atoms with Crippen molar-refractivity contribution in [1.82, 2.24) is 4.57 Å². The van der Waals surface area contributed by atoms with Gasteiger partial charge in [0, 0.05) is 17.4 Å². The van der Waals surface area contributed by atoms with Crippen LogP contribution in [0.4, 0.5) is 0 Å². The molecule has 0 atom stereocenters. The predicted molar refractivity (Wildman–Crippen MR) is 56.1 cm³/mol. The molecule has 0 aromatic carbocycles. The lowest BCUT2D eigenvalue weighted by atomic mass is 10.2. The number of aromatic nitrogens is 1. The van der Waals surface area contributed by atoms with Crippen LogP contribution in [0, 0.1) is 25.2 Å². The molecule has 0 saturated heterocycles. The first kappa shape index (κ1) is 9.33. The normalized spacial score (nSPS) is 17.2. The molecule has 0 amide bonds. The molecular formula is C12H16N2. The molecule has 0 bridgehead atoms. The summed E-state index contributed by atoms with van der Waals surface area (Å²) < 4.78 is 2.35. The van der Waals surface area contributed by atoms with Crippen LogP contribution in [0.3, 0.4) is 0 Å². The molecule has 74 valence electrons.